The lowest BCUT2D eigenvalue weighted by Gasteiger charge is -2.29. The predicted molar refractivity (Wildman–Crippen MR) is 128 cm³/mol. The number of hydrogen-bond donors (Lipinski definition) is 0. The van der Waals surface area contributed by atoms with Gasteiger partial charge in [-0.1, -0.05) is 110 Å². The topological polar surface area (TPSA) is 9.23 Å². The van der Waals surface area contributed by atoms with Gasteiger partial charge in [-0.05, 0) is 50.0 Å². The molecule has 1 heteroatoms. The third-order valence-corrected chi connectivity index (χ3v) is 7.33. The molecule has 0 N–H and O–H groups in total. The summed E-state index contributed by atoms with van der Waals surface area (Å²) in [5, 5.41) is 0. The molecular weight excluding hydrogens is 352 g/mol. The Bertz CT molecular complexity index is 411. The lowest BCUT2D eigenvalue weighted by Crippen LogP contribution is -2.14. The van der Waals surface area contributed by atoms with E-state index in [0.717, 1.165) is 12.5 Å². The molecule has 1 atom stereocenters. The van der Waals surface area contributed by atoms with Crippen molar-refractivity contribution < 1.29 is 4.74 Å². The number of rotatable bonds is 12. The van der Waals surface area contributed by atoms with Crippen LogP contribution in [-0.2, 0) is 4.74 Å². The third-order valence-electron chi connectivity index (χ3n) is 7.33. The van der Waals surface area contributed by atoms with Crippen molar-refractivity contribution in [1.29, 1.82) is 0 Å². The maximum absolute atomic E-state index is 6.46. The highest BCUT2D eigenvalue weighted by Gasteiger charge is 2.23. The second kappa shape index (κ2) is 17.2. The molecule has 0 aromatic heterocycles. The molecule has 0 bridgehead atoms. The molecule has 0 aromatic rings. The minimum atomic E-state index is 0.853. The highest BCUT2D eigenvalue weighted by molar-refractivity contribution is 5.15. The Morgan fingerprint density at radius 3 is 1.86 bits per heavy atom. The summed E-state index contributed by atoms with van der Waals surface area (Å²) in [7, 11) is 0. The van der Waals surface area contributed by atoms with Gasteiger partial charge in [0.25, 0.3) is 0 Å². The van der Waals surface area contributed by atoms with Crippen LogP contribution in [0.5, 0.6) is 0 Å². The summed E-state index contributed by atoms with van der Waals surface area (Å²) in [4.78, 5) is 0. The van der Waals surface area contributed by atoms with Crippen LogP contribution < -0.4 is 0 Å². The fourth-order valence-corrected chi connectivity index (χ4v) is 5.44. The van der Waals surface area contributed by atoms with Crippen LogP contribution in [0.4, 0.5) is 0 Å². The predicted octanol–water partition coefficient (Wildman–Crippen LogP) is 9.89. The molecule has 1 saturated carbocycles. The molecule has 0 spiro atoms. The van der Waals surface area contributed by atoms with E-state index >= 15 is 0 Å². The largest absolute Gasteiger partial charge is 0.498 e. The minimum absolute atomic E-state index is 0.853. The van der Waals surface area contributed by atoms with E-state index in [0.29, 0.717) is 0 Å². The Kier molecular flexibility index (Phi) is 14.8. The van der Waals surface area contributed by atoms with Crippen LogP contribution >= 0.6 is 0 Å². The van der Waals surface area contributed by atoms with Gasteiger partial charge < -0.3 is 4.74 Å². The second-order valence-electron chi connectivity index (χ2n) is 9.94. The van der Waals surface area contributed by atoms with Crippen molar-refractivity contribution >= 4 is 0 Å². The zero-order valence-electron chi connectivity index (χ0n) is 20.0. The summed E-state index contributed by atoms with van der Waals surface area (Å²) >= 11 is 0. The molecular formula is C28H52O. The van der Waals surface area contributed by atoms with Crippen LogP contribution in [0, 0.1) is 5.92 Å². The van der Waals surface area contributed by atoms with Crippen molar-refractivity contribution in [1.82, 2.24) is 0 Å². The molecule has 1 aliphatic heterocycles. The first kappa shape index (κ1) is 24.8. The molecule has 29 heavy (non-hydrogen) atoms. The van der Waals surface area contributed by atoms with Crippen molar-refractivity contribution in [3.63, 3.8) is 0 Å². The van der Waals surface area contributed by atoms with Crippen LogP contribution in [0.3, 0.4) is 0 Å². The maximum atomic E-state index is 6.46. The van der Waals surface area contributed by atoms with E-state index in [2.05, 4.69) is 6.92 Å². The maximum Gasteiger partial charge on any atom is 0.0954 e. The molecule has 2 aliphatic rings. The van der Waals surface area contributed by atoms with Gasteiger partial charge >= 0.3 is 0 Å². The average molecular weight is 405 g/mol. The Morgan fingerprint density at radius 1 is 0.621 bits per heavy atom. The Hall–Kier alpha value is -0.460. The van der Waals surface area contributed by atoms with Gasteiger partial charge in [0.2, 0.25) is 0 Å². The van der Waals surface area contributed by atoms with E-state index in [9.17, 15) is 0 Å². The Morgan fingerprint density at radius 2 is 1.17 bits per heavy atom. The van der Waals surface area contributed by atoms with E-state index in [-0.39, 0.29) is 0 Å². The summed E-state index contributed by atoms with van der Waals surface area (Å²) < 4.78 is 6.46. The van der Waals surface area contributed by atoms with Gasteiger partial charge in [0, 0.05) is 6.42 Å². The van der Waals surface area contributed by atoms with Crippen LogP contribution in [0.1, 0.15) is 155 Å². The highest BCUT2D eigenvalue weighted by atomic mass is 16.5. The van der Waals surface area contributed by atoms with Crippen molar-refractivity contribution in [2.75, 3.05) is 6.61 Å². The Labute approximate surface area is 183 Å². The lowest BCUT2D eigenvalue weighted by molar-refractivity contribution is 0.180. The number of unbranched alkanes of at least 4 members (excludes halogenated alkanes) is 10. The normalized spacial score (nSPS) is 21.8. The van der Waals surface area contributed by atoms with Crippen molar-refractivity contribution in [2.45, 2.75) is 155 Å². The summed E-state index contributed by atoms with van der Waals surface area (Å²) in [6, 6.07) is 0. The van der Waals surface area contributed by atoms with Gasteiger partial charge in [-0.25, -0.2) is 0 Å². The molecule has 170 valence electrons. The van der Waals surface area contributed by atoms with E-state index in [1.165, 1.54) is 153 Å². The number of allylic oxidation sites excluding steroid dienone is 2. The molecule has 0 radical (unpaired) electrons. The molecule has 0 saturated heterocycles. The molecule has 1 nitrogen and oxygen atoms in total. The van der Waals surface area contributed by atoms with Crippen molar-refractivity contribution in [2.24, 2.45) is 5.92 Å². The van der Waals surface area contributed by atoms with Crippen molar-refractivity contribution in [3.8, 4) is 0 Å². The first-order valence-electron chi connectivity index (χ1n) is 13.8. The van der Waals surface area contributed by atoms with E-state index < -0.39 is 0 Å². The quantitative estimate of drug-likeness (QED) is 0.294. The van der Waals surface area contributed by atoms with Gasteiger partial charge in [-0.15, -0.1) is 0 Å². The monoisotopic (exact) mass is 404 g/mol. The summed E-state index contributed by atoms with van der Waals surface area (Å²) in [6.45, 7) is 3.28. The van der Waals surface area contributed by atoms with E-state index in [1.807, 2.05) is 0 Å². The fourth-order valence-electron chi connectivity index (χ4n) is 5.44. The molecule has 0 amide bonds. The molecule has 2 rings (SSSR count). The number of hydrogen-bond acceptors (Lipinski definition) is 1. The Balaban J connectivity index is 1.67. The highest BCUT2D eigenvalue weighted by Crippen LogP contribution is 2.37. The minimum Gasteiger partial charge on any atom is -0.498 e. The molecule has 1 heterocycles. The smallest absolute Gasteiger partial charge is 0.0954 e. The van der Waals surface area contributed by atoms with Gasteiger partial charge in [0.1, 0.15) is 0 Å². The SMILES string of the molecule is CCCCCCCCCCCCCC1=C2CCCCC2CCCCCCCCO1. The van der Waals surface area contributed by atoms with Crippen LogP contribution in [0.2, 0.25) is 0 Å². The summed E-state index contributed by atoms with van der Waals surface area (Å²) in [6.07, 6.45) is 32.4. The summed E-state index contributed by atoms with van der Waals surface area (Å²) in [5.41, 5.74) is 1.75. The zero-order chi connectivity index (χ0) is 20.4. The third kappa shape index (κ3) is 11.5. The zero-order valence-corrected chi connectivity index (χ0v) is 20.0. The van der Waals surface area contributed by atoms with Crippen molar-refractivity contribution in [3.05, 3.63) is 11.3 Å². The fraction of sp³-hybridized carbons (Fsp3) is 0.929. The van der Waals surface area contributed by atoms with Gasteiger partial charge in [-0.2, -0.15) is 0 Å². The van der Waals surface area contributed by atoms with Gasteiger partial charge in [-0.3, -0.25) is 0 Å². The standard InChI is InChI=1S/C28H52O/c1-2-3-4-5-6-7-8-9-10-14-17-24-28-27-23-19-18-22-26(27)21-16-13-11-12-15-20-25-29-28/h26H,2-25H2,1H3. The second-order valence-corrected chi connectivity index (χ2v) is 9.94. The van der Waals surface area contributed by atoms with E-state index in [4.69, 9.17) is 4.74 Å². The van der Waals surface area contributed by atoms with Crippen LogP contribution in [0.25, 0.3) is 0 Å². The molecule has 1 fully saturated rings. The number of fused-ring (bicyclic) bond motifs is 1. The molecule has 1 unspecified atom stereocenters. The van der Waals surface area contributed by atoms with Gasteiger partial charge in [0.15, 0.2) is 0 Å². The van der Waals surface area contributed by atoms with Crippen LogP contribution in [-0.4, -0.2) is 6.61 Å². The first-order valence-corrected chi connectivity index (χ1v) is 13.8. The summed E-state index contributed by atoms with van der Waals surface area (Å²) in [5.74, 6) is 2.30. The number of ether oxygens (including phenoxy) is 1. The first-order chi connectivity index (χ1) is 14.4. The van der Waals surface area contributed by atoms with Crippen LogP contribution in [0.15, 0.2) is 11.3 Å². The van der Waals surface area contributed by atoms with E-state index in [1.54, 1.807) is 5.57 Å². The molecule has 0 aromatic carbocycles. The lowest BCUT2D eigenvalue weighted by atomic mass is 9.79. The van der Waals surface area contributed by atoms with Gasteiger partial charge in [0.05, 0.1) is 12.4 Å². The molecule has 1 aliphatic carbocycles. The average Bonchev–Trinajstić information content (AvgIpc) is 2.74.